The van der Waals surface area contributed by atoms with E-state index in [-0.39, 0.29) is 29.8 Å². The number of hydrogen-bond acceptors (Lipinski definition) is 4. The minimum absolute atomic E-state index is 0.0759. The van der Waals surface area contributed by atoms with Crippen LogP contribution in [0.25, 0.3) is 0 Å². The maximum atomic E-state index is 14.5. The van der Waals surface area contributed by atoms with Gasteiger partial charge >= 0.3 is 0 Å². The van der Waals surface area contributed by atoms with Crippen molar-refractivity contribution in [3.8, 4) is 0 Å². The number of nitrogens with zero attached hydrogens (tertiary/aromatic N) is 2. The lowest BCUT2D eigenvalue weighted by molar-refractivity contribution is -0.140. The van der Waals surface area contributed by atoms with Crippen molar-refractivity contribution in [2.24, 2.45) is 0 Å². The second-order valence-electron chi connectivity index (χ2n) is 10.8. The van der Waals surface area contributed by atoms with Gasteiger partial charge in [0.15, 0.2) is 0 Å². The van der Waals surface area contributed by atoms with Gasteiger partial charge in [-0.1, -0.05) is 85.3 Å². The molecule has 9 heteroatoms. The Bertz CT molecular complexity index is 1650. The molecular weight excluding hydrogens is 685 g/mol. The summed E-state index contributed by atoms with van der Waals surface area (Å²) in [7, 11) is -4.12. The Hall–Kier alpha value is -3.70. The van der Waals surface area contributed by atoms with Gasteiger partial charge in [-0.05, 0) is 90.4 Å². The first-order valence-electron chi connectivity index (χ1n) is 14.6. The number of carbonyl (C=O) groups excluding carboxylic acids is 2. The molecule has 0 radical (unpaired) electrons. The molecule has 44 heavy (non-hydrogen) atoms. The van der Waals surface area contributed by atoms with E-state index in [9.17, 15) is 18.0 Å². The summed E-state index contributed by atoms with van der Waals surface area (Å²) in [6.45, 7) is 5.54. The van der Waals surface area contributed by atoms with Crippen molar-refractivity contribution in [2.45, 2.75) is 57.1 Å². The van der Waals surface area contributed by atoms with E-state index < -0.39 is 28.5 Å². The van der Waals surface area contributed by atoms with Crippen molar-refractivity contribution in [3.63, 3.8) is 0 Å². The van der Waals surface area contributed by atoms with E-state index in [1.165, 1.54) is 17.0 Å². The highest BCUT2D eigenvalue weighted by atomic mass is 127. The molecule has 0 aliphatic rings. The molecule has 0 saturated heterocycles. The maximum absolute atomic E-state index is 14.5. The predicted octanol–water partition coefficient (Wildman–Crippen LogP) is 6.35. The summed E-state index contributed by atoms with van der Waals surface area (Å²) in [6.07, 6.45) is 1.00. The highest BCUT2D eigenvalue weighted by molar-refractivity contribution is 14.1. The average molecular weight is 724 g/mol. The number of rotatable bonds is 13. The number of anilines is 1. The maximum Gasteiger partial charge on any atom is 0.264 e. The summed E-state index contributed by atoms with van der Waals surface area (Å²) >= 11 is 2.15. The normalized spacial score (nSPS) is 12.6. The van der Waals surface area contributed by atoms with E-state index in [0.717, 1.165) is 31.0 Å². The molecule has 2 atom stereocenters. The number of sulfonamides is 1. The highest BCUT2D eigenvalue weighted by Crippen LogP contribution is 2.26. The van der Waals surface area contributed by atoms with Crippen molar-refractivity contribution < 1.29 is 18.0 Å². The molecule has 0 bridgehead atoms. The summed E-state index contributed by atoms with van der Waals surface area (Å²) < 4.78 is 30.1. The van der Waals surface area contributed by atoms with Gasteiger partial charge in [0.25, 0.3) is 10.0 Å². The van der Waals surface area contributed by atoms with Gasteiger partial charge in [-0.25, -0.2) is 8.42 Å². The number of amides is 2. The first kappa shape index (κ1) is 33.2. The highest BCUT2D eigenvalue weighted by Gasteiger charge is 2.35. The Morgan fingerprint density at radius 3 is 2.07 bits per heavy atom. The molecule has 0 aliphatic heterocycles. The summed E-state index contributed by atoms with van der Waals surface area (Å²) in [6, 6.07) is 31.4. The molecule has 4 rings (SSSR count). The van der Waals surface area contributed by atoms with Crippen LogP contribution in [0, 0.1) is 10.5 Å². The Labute approximate surface area is 274 Å². The second-order valence-corrected chi connectivity index (χ2v) is 13.9. The molecule has 1 N–H and O–H groups in total. The minimum Gasteiger partial charge on any atom is -0.352 e. The number of nitrogens with one attached hydrogen (secondary N) is 1. The summed E-state index contributed by atoms with van der Waals surface area (Å²) in [5.41, 5.74) is 3.12. The van der Waals surface area contributed by atoms with E-state index in [4.69, 9.17) is 0 Å². The molecule has 0 saturated carbocycles. The third-order valence-corrected chi connectivity index (χ3v) is 9.94. The fraction of sp³-hybridized carbons (Fsp3) is 0.257. The van der Waals surface area contributed by atoms with Crippen LogP contribution in [0.4, 0.5) is 5.69 Å². The Kier molecular flexibility index (Phi) is 11.6. The molecule has 2 amide bonds. The van der Waals surface area contributed by atoms with Gasteiger partial charge in [-0.2, -0.15) is 0 Å². The van der Waals surface area contributed by atoms with Crippen LogP contribution >= 0.6 is 22.6 Å². The number of benzene rings is 4. The smallest absolute Gasteiger partial charge is 0.264 e. The van der Waals surface area contributed by atoms with Gasteiger partial charge in [-0.3, -0.25) is 13.9 Å². The van der Waals surface area contributed by atoms with E-state index in [0.29, 0.717) is 5.69 Å². The van der Waals surface area contributed by atoms with Gasteiger partial charge in [0.05, 0.1) is 10.6 Å². The van der Waals surface area contributed by atoms with Crippen molar-refractivity contribution in [1.82, 2.24) is 10.2 Å². The lowest BCUT2D eigenvalue weighted by Crippen LogP contribution is -2.54. The van der Waals surface area contributed by atoms with Crippen LogP contribution in [0.3, 0.4) is 0 Å². The lowest BCUT2D eigenvalue weighted by Gasteiger charge is -2.34. The number of halogens is 1. The number of carbonyl (C=O) groups is 2. The van der Waals surface area contributed by atoms with Crippen molar-refractivity contribution in [3.05, 3.63) is 129 Å². The Balaban J connectivity index is 1.80. The molecule has 0 aromatic heterocycles. The van der Waals surface area contributed by atoms with E-state index in [1.54, 1.807) is 42.5 Å². The molecule has 0 aliphatic carbocycles. The monoisotopic (exact) mass is 723 g/mol. The van der Waals surface area contributed by atoms with Crippen LogP contribution in [-0.2, 0) is 32.6 Å². The second kappa shape index (κ2) is 15.3. The van der Waals surface area contributed by atoms with Gasteiger partial charge < -0.3 is 10.2 Å². The van der Waals surface area contributed by atoms with Crippen molar-refractivity contribution in [2.75, 3.05) is 10.8 Å². The molecule has 0 spiro atoms. The van der Waals surface area contributed by atoms with Gasteiger partial charge in [0.1, 0.15) is 12.6 Å². The SMILES string of the molecule is CCC(C)NC(=O)C(Cc1ccccc1)N(Cc1cccc(C)c1)C(=O)CN(c1ccc(I)cc1)S(=O)(=O)c1ccccc1. The Morgan fingerprint density at radius 1 is 0.841 bits per heavy atom. The first-order chi connectivity index (χ1) is 21.1. The van der Waals surface area contributed by atoms with Crippen LogP contribution in [0.2, 0.25) is 0 Å². The molecule has 0 fully saturated rings. The standard InChI is InChI=1S/C35H38IN3O4S/c1-4-27(3)37-35(41)33(23-28-13-7-5-8-14-28)38(24-29-15-11-12-26(2)22-29)34(40)25-39(31-20-18-30(36)19-21-31)44(42,43)32-16-9-6-10-17-32/h5-22,27,33H,4,23-25H2,1-3H3,(H,37,41). The molecular formula is C35H38IN3O4S. The van der Waals surface area contributed by atoms with E-state index >= 15 is 0 Å². The fourth-order valence-corrected chi connectivity index (χ4v) is 6.65. The largest absolute Gasteiger partial charge is 0.352 e. The zero-order valence-electron chi connectivity index (χ0n) is 25.2. The third kappa shape index (κ3) is 8.69. The predicted molar refractivity (Wildman–Crippen MR) is 184 cm³/mol. The minimum atomic E-state index is -4.12. The quantitative estimate of drug-likeness (QED) is 0.163. The number of aryl methyl sites for hydroxylation is 1. The zero-order chi connectivity index (χ0) is 31.7. The van der Waals surface area contributed by atoms with E-state index in [2.05, 4.69) is 27.9 Å². The van der Waals surface area contributed by atoms with Gasteiger partial charge in [-0.15, -0.1) is 0 Å². The van der Waals surface area contributed by atoms with Gasteiger partial charge in [0.2, 0.25) is 11.8 Å². The molecule has 4 aromatic rings. The summed E-state index contributed by atoms with van der Waals surface area (Å²) in [5.74, 6) is -0.763. The average Bonchev–Trinajstić information content (AvgIpc) is 3.02. The van der Waals surface area contributed by atoms with Crippen LogP contribution in [0.5, 0.6) is 0 Å². The zero-order valence-corrected chi connectivity index (χ0v) is 28.2. The molecule has 2 unspecified atom stereocenters. The summed E-state index contributed by atoms with van der Waals surface area (Å²) in [5, 5.41) is 3.06. The van der Waals surface area contributed by atoms with Crippen LogP contribution in [0.15, 0.2) is 114 Å². The number of hydrogen-bond donors (Lipinski definition) is 1. The molecule has 0 heterocycles. The van der Waals surface area contributed by atoms with Crippen molar-refractivity contribution in [1.29, 1.82) is 0 Å². The topological polar surface area (TPSA) is 86.8 Å². The van der Waals surface area contributed by atoms with Crippen molar-refractivity contribution >= 4 is 50.1 Å². The summed E-state index contributed by atoms with van der Waals surface area (Å²) in [4.78, 5) is 30.0. The molecule has 7 nitrogen and oxygen atoms in total. The first-order valence-corrected chi connectivity index (χ1v) is 17.1. The Morgan fingerprint density at radius 2 is 1.45 bits per heavy atom. The molecule has 4 aromatic carbocycles. The molecule has 230 valence electrons. The van der Waals surface area contributed by atoms with Gasteiger partial charge in [0, 0.05) is 22.6 Å². The fourth-order valence-electron chi connectivity index (χ4n) is 4.86. The van der Waals surface area contributed by atoms with E-state index in [1.807, 2.05) is 75.4 Å². The van der Waals surface area contributed by atoms with Crippen LogP contribution in [-0.4, -0.2) is 43.8 Å². The van der Waals surface area contributed by atoms with Crippen LogP contribution < -0.4 is 9.62 Å². The third-order valence-electron chi connectivity index (χ3n) is 7.43. The van der Waals surface area contributed by atoms with Crippen LogP contribution in [0.1, 0.15) is 37.0 Å². The lowest BCUT2D eigenvalue weighted by atomic mass is 10.0.